The Morgan fingerprint density at radius 3 is 0.778 bits per heavy atom. The van der Waals surface area contributed by atoms with E-state index in [2.05, 4.69) is 96.1 Å². The van der Waals surface area contributed by atoms with Gasteiger partial charge in [0.25, 0.3) is 0 Å². The molecule has 0 aromatic heterocycles. The Labute approximate surface area is 424 Å². The quantitative estimate of drug-likeness (QED) is 0.0900. The molecule has 0 bridgehead atoms. The molecule has 8 heteroatoms. The van der Waals surface area contributed by atoms with Crippen molar-refractivity contribution >= 4 is 39.5 Å². The van der Waals surface area contributed by atoms with Crippen molar-refractivity contribution in [2.45, 2.75) is 39.3 Å². The summed E-state index contributed by atoms with van der Waals surface area (Å²) in [4.78, 5) is 25.3. The highest BCUT2D eigenvalue weighted by Gasteiger charge is 2.20. The van der Waals surface area contributed by atoms with Crippen LogP contribution in [0.5, 0.6) is 0 Å². The molecule has 8 rings (SSSR count). The van der Waals surface area contributed by atoms with Crippen molar-refractivity contribution in [2.24, 2.45) is 10.2 Å². The molecule has 8 aromatic carbocycles. The first kappa shape index (κ1) is 49.4. The van der Waals surface area contributed by atoms with E-state index in [0.717, 1.165) is 55.6 Å². The van der Waals surface area contributed by atoms with Gasteiger partial charge in [-0.2, -0.15) is 10.2 Å². The Morgan fingerprint density at radius 1 is 0.333 bits per heavy atom. The van der Waals surface area contributed by atoms with Gasteiger partial charge in [-0.05, 0) is 142 Å². The minimum Gasteiger partial charge on any atom is -0.478 e. The van der Waals surface area contributed by atoms with E-state index in [1.165, 1.54) is 0 Å². The molecule has 0 fully saturated rings. The van der Waals surface area contributed by atoms with Crippen LogP contribution in [0.1, 0.15) is 54.1 Å². The zero-order valence-corrected chi connectivity index (χ0v) is 42.9. The van der Waals surface area contributed by atoms with Gasteiger partial charge in [0.05, 0.1) is 22.5 Å². The van der Waals surface area contributed by atoms with Crippen LogP contribution in [-0.4, -0.2) is 38.3 Å². The maximum absolute atomic E-state index is 12.7. The molecule has 0 aliphatic carbocycles. The first-order valence-corrected chi connectivity index (χ1v) is 30.4. The van der Waals surface area contributed by atoms with Crippen LogP contribution in [0.3, 0.4) is 0 Å². The molecular weight excluding hydrogens is 917 g/mol. The summed E-state index contributed by atoms with van der Waals surface area (Å²) in [7, 11) is -3.04. The predicted molar refractivity (Wildman–Crippen MR) is 298 cm³/mol. The van der Waals surface area contributed by atoms with Gasteiger partial charge in [0.1, 0.15) is 16.1 Å². The number of hydrogen-bond acceptors (Lipinski definition) is 4. The van der Waals surface area contributed by atoms with E-state index in [1.54, 1.807) is 0 Å². The van der Waals surface area contributed by atoms with Gasteiger partial charge in [-0.1, -0.05) is 160 Å². The van der Waals surface area contributed by atoms with Crippen molar-refractivity contribution in [1.82, 2.24) is 0 Å². The third kappa shape index (κ3) is 13.0. The first-order chi connectivity index (χ1) is 34.5. The minimum absolute atomic E-state index is 0.247. The van der Waals surface area contributed by atoms with Crippen LogP contribution >= 0.6 is 0 Å². The fraction of sp³-hybridized carbons (Fsp3) is 0.0938. The number of carbonyl (C=O) groups is 2. The van der Waals surface area contributed by atoms with E-state index in [1.807, 2.05) is 182 Å². The van der Waals surface area contributed by atoms with Crippen LogP contribution in [0.4, 0.5) is 11.4 Å². The first-order valence-electron chi connectivity index (χ1n) is 23.4. The van der Waals surface area contributed by atoms with Crippen LogP contribution < -0.4 is 0 Å². The molecule has 0 heterocycles. The molecule has 0 spiro atoms. The smallest absolute Gasteiger partial charge is 0.336 e. The van der Waals surface area contributed by atoms with Crippen molar-refractivity contribution in [3.63, 3.8) is 0 Å². The molecule has 0 amide bonds. The maximum Gasteiger partial charge on any atom is 0.336 e. The molecule has 8 aromatic rings. The van der Waals surface area contributed by atoms with Crippen molar-refractivity contribution < 1.29 is 19.8 Å². The number of benzene rings is 8. The Kier molecular flexibility index (Phi) is 14.9. The molecule has 0 saturated heterocycles. The summed E-state index contributed by atoms with van der Waals surface area (Å²) in [5, 5.41) is 29.5. The highest BCUT2D eigenvalue weighted by molar-refractivity contribution is 6.84. The summed E-state index contributed by atoms with van der Waals surface area (Å²) in [5.41, 5.74) is 19.5. The summed E-state index contributed by atoms with van der Waals surface area (Å²) in [5.74, 6) is 17.4. The second-order valence-corrected chi connectivity index (χ2v) is 28.7. The number of rotatable bonds is 8. The van der Waals surface area contributed by atoms with Crippen LogP contribution in [0.15, 0.2) is 192 Å². The Bertz CT molecular complexity index is 3370. The van der Waals surface area contributed by atoms with E-state index in [-0.39, 0.29) is 11.1 Å². The molecule has 72 heavy (non-hydrogen) atoms. The molecule has 6 nitrogen and oxygen atoms in total. The Morgan fingerprint density at radius 2 is 0.556 bits per heavy atom. The predicted octanol–water partition coefficient (Wildman–Crippen LogP) is 15.4. The van der Waals surface area contributed by atoms with Crippen LogP contribution in [0.2, 0.25) is 39.3 Å². The van der Waals surface area contributed by atoms with Crippen LogP contribution in [0, 0.1) is 46.6 Å². The normalized spacial score (nSPS) is 10.9. The fourth-order valence-electron chi connectivity index (χ4n) is 7.61. The number of carboxylic acid groups (broad SMARTS) is 2. The maximum atomic E-state index is 12.7. The second kappa shape index (κ2) is 21.7. The zero-order chi connectivity index (χ0) is 50.8. The Hall–Kier alpha value is -9.03. The molecule has 0 aliphatic rings. The topological polar surface area (TPSA) is 99.3 Å². The molecule has 0 radical (unpaired) electrons. The molecule has 2 N–H and O–H groups in total. The third-order valence-electron chi connectivity index (χ3n) is 11.2. The van der Waals surface area contributed by atoms with Gasteiger partial charge in [0.15, 0.2) is 0 Å². The number of aromatic carboxylic acids is 2. The summed E-state index contributed by atoms with van der Waals surface area (Å²) >= 11 is 0. The molecule has 0 aliphatic heterocycles. The van der Waals surface area contributed by atoms with E-state index < -0.39 is 28.1 Å². The van der Waals surface area contributed by atoms with Crippen molar-refractivity contribution in [2.75, 3.05) is 0 Å². The molecule has 0 atom stereocenters. The van der Waals surface area contributed by atoms with Crippen molar-refractivity contribution in [1.29, 1.82) is 0 Å². The monoisotopic (exact) mass is 966 g/mol. The molecule has 0 unspecified atom stereocenters. The van der Waals surface area contributed by atoms with Crippen LogP contribution in [-0.2, 0) is 0 Å². The molecule has 0 saturated carbocycles. The summed E-state index contributed by atoms with van der Waals surface area (Å²) in [6, 6.07) is 56.9. The lowest BCUT2D eigenvalue weighted by atomic mass is 9.91. The van der Waals surface area contributed by atoms with E-state index in [4.69, 9.17) is 0 Å². The third-order valence-corrected chi connectivity index (χ3v) is 13.0. The fourth-order valence-corrected chi connectivity index (χ4v) is 8.65. The average Bonchev–Trinajstić information content (AvgIpc) is 3.38. The van der Waals surface area contributed by atoms with Gasteiger partial charge in [-0.15, -0.1) is 11.1 Å². The largest absolute Gasteiger partial charge is 0.478 e. The summed E-state index contributed by atoms with van der Waals surface area (Å²) in [6.07, 6.45) is 0. The lowest BCUT2D eigenvalue weighted by Gasteiger charge is -2.12. The number of nitrogens with zero attached hydrogens (tertiary/aromatic N) is 2. The summed E-state index contributed by atoms with van der Waals surface area (Å²) < 4.78 is 0. The standard InChI is InChI=1S/C64H50N2O4Si2/c1-71(2,3)43-41-49-21-33-53(34-22-49)59-11-7-9-57(61(59)63(67)68)51-29-17-45(18-30-51)13-15-47-25-37-55(38-26-47)65-66-56-39-27-48(28-40-56)16-14-46-19-31-52(32-20-46)58-10-8-12-60(62(58)64(69)70)54-35-23-50(24-36-54)42-44-72(4,5)6/h7-12,17-40H,1-6H3,(H,67,68)(H,69,70). The van der Waals surface area contributed by atoms with Gasteiger partial charge in [0, 0.05) is 33.4 Å². The second-order valence-electron chi connectivity index (χ2n) is 19.2. The van der Waals surface area contributed by atoms with E-state index in [0.29, 0.717) is 33.6 Å². The van der Waals surface area contributed by atoms with Gasteiger partial charge in [0.2, 0.25) is 0 Å². The van der Waals surface area contributed by atoms with E-state index >= 15 is 0 Å². The van der Waals surface area contributed by atoms with Crippen molar-refractivity contribution in [3.05, 3.63) is 226 Å². The van der Waals surface area contributed by atoms with Crippen molar-refractivity contribution in [3.8, 4) is 91.1 Å². The highest BCUT2D eigenvalue weighted by atomic mass is 28.3. The SMILES string of the molecule is C[Si](C)(C)C#Cc1ccc(-c2cccc(-c3ccc(C#Cc4ccc(N=Nc5ccc(C#Cc6ccc(-c7cccc(-c8ccc(C#C[Si](C)(C)C)cc8)c7C(=O)O)cc6)cc5)cc4)cc3)c2C(=O)O)cc1. The van der Waals surface area contributed by atoms with Crippen LogP contribution in [0.25, 0.3) is 44.5 Å². The Balaban J connectivity index is 0.880. The number of azo groups is 1. The number of carboxylic acids is 2. The van der Waals surface area contributed by atoms with Gasteiger partial charge in [-0.3, -0.25) is 0 Å². The van der Waals surface area contributed by atoms with Gasteiger partial charge in [-0.25, -0.2) is 9.59 Å². The summed E-state index contributed by atoms with van der Waals surface area (Å²) in [6.45, 7) is 13.2. The lowest BCUT2D eigenvalue weighted by Crippen LogP contribution is -2.16. The average molecular weight is 967 g/mol. The van der Waals surface area contributed by atoms with Gasteiger partial charge < -0.3 is 10.2 Å². The highest BCUT2D eigenvalue weighted by Crippen LogP contribution is 2.35. The molecular formula is C64H50N2O4Si2. The minimum atomic E-state index is -1.52. The lowest BCUT2D eigenvalue weighted by molar-refractivity contribution is 0.0687. The molecule has 348 valence electrons. The van der Waals surface area contributed by atoms with E-state index in [9.17, 15) is 19.8 Å². The number of hydrogen-bond donors (Lipinski definition) is 2. The van der Waals surface area contributed by atoms with Gasteiger partial charge >= 0.3 is 11.9 Å². The zero-order valence-electron chi connectivity index (χ0n) is 40.9.